The van der Waals surface area contributed by atoms with Gasteiger partial charge in [-0.2, -0.15) is 8.78 Å². The summed E-state index contributed by atoms with van der Waals surface area (Å²) in [6, 6.07) is 23.1. The number of halogens is 5. The van der Waals surface area contributed by atoms with Gasteiger partial charge in [0.2, 0.25) is 40.0 Å². The molecule has 2 N–H and O–H groups in total. The Bertz CT molecular complexity index is 3220. The van der Waals surface area contributed by atoms with Crippen molar-refractivity contribution in [3.8, 4) is 5.75 Å². The lowest BCUT2D eigenvalue weighted by Crippen LogP contribution is -2.29. The summed E-state index contributed by atoms with van der Waals surface area (Å²) in [7, 11) is 3.92. The summed E-state index contributed by atoms with van der Waals surface area (Å²) >= 11 is 1.34. The average Bonchev–Trinajstić information content (AvgIpc) is 4.13. The van der Waals surface area contributed by atoms with Crippen molar-refractivity contribution < 1.29 is 41.1 Å². The summed E-state index contributed by atoms with van der Waals surface area (Å²) in [5.41, 5.74) is 7.02. The molecular weight excluding hydrogens is 832 g/mol. The van der Waals surface area contributed by atoms with Gasteiger partial charge in [0.1, 0.15) is 11.4 Å². The molecule has 5 aromatic carbocycles. The molecule has 2 aliphatic heterocycles. The molecule has 0 fully saturated rings. The first-order valence-corrected chi connectivity index (χ1v) is 19.9. The van der Waals surface area contributed by atoms with E-state index in [-0.39, 0.29) is 24.1 Å². The minimum absolute atomic E-state index is 0.173. The Morgan fingerprint density at radius 1 is 0.694 bits per heavy atom. The summed E-state index contributed by atoms with van der Waals surface area (Å²) in [6.07, 6.45) is 0.958. The minimum atomic E-state index is -2.38. The van der Waals surface area contributed by atoms with Crippen LogP contribution >= 0.6 is 11.3 Å². The van der Waals surface area contributed by atoms with Crippen LogP contribution in [0.25, 0.3) is 32.0 Å². The molecule has 12 nitrogen and oxygen atoms in total. The number of aromatic amines is 2. The Balaban J connectivity index is 0.863. The molecule has 62 heavy (non-hydrogen) atoms. The maximum atomic E-state index is 14.2. The van der Waals surface area contributed by atoms with Crippen LogP contribution in [0.1, 0.15) is 42.5 Å². The number of amides is 2. The highest BCUT2D eigenvalue weighted by molar-refractivity contribution is 7.21. The summed E-state index contributed by atoms with van der Waals surface area (Å²) in [5, 5.41) is 10.4. The van der Waals surface area contributed by atoms with Gasteiger partial charge in [-0.1, -0.05) is 11.3 Å². The largest absolute Gasteiger partial charge is 0.415 e. The fraction of sp³-hybridized carbons (Fsp3) is 0.136. The normalized spacial score (nSPS) is 13.5. The van der Waals surface area contributed by atoms with Gasteiger partial charge >= 0.3 is 5.97 Å². The lowest BCUT2D eigenvalue weighted by Gasteiger charge is -2.17. The van der Waals surface area contributed by atoms with Crippen LogP contribution in [0.15, 0.2) is 89.1 Å². The van der Waals surface area contributed by atoms with Gasteiger partial charge in [-0.05, 0) is 103 Å². The molecule has 3 aromatic heterocycles. The van der Waals surface area contributed by atoms with Gasteiger partial charge in [-0.25, -0.2) is 22.9 Å². The second-order valence-corrected chi connectivity index (χ2v) is 15.9. The van der Waals surface area contributed by atoms with Gasteiger partial charge < -0.3 is 29.4 Å². The molecule has 0 saturated carbocycles. The molecule has 8 aromatic rings. The molecule has 0 unspecified atom stereocenters. The molecule has 0 saturated heterocycles. The number of rotatable bonds is 7. The summed E-state index contributed by atoms with van der Waals surface area (Å²) in [5.74, 6) is -15.0. The molecule has 310 valence electrons. The zero-order chi connectivity index (χ0) is 43.1. The van der Waals surface area contributed by atoms with Crippen LogP contribution in [-0.4, -0.2) is 59.9 Å². The third-order valence-corrected chi connectivity index (χ3v) is 12.0. The number of aromatic nitrogens is 3. The van der Waals surface area contributed by atoms with Crippen LogP contribution in [0.2, 0.25) is 0 Å². The molecule has 2 aliphatic rings. The number of thiazole rings is 1. The van der Waals surface area contributed by atoms with Crippen LogP contribution in [0.4, 0.5) is 49.8 Å². The van der Waals surface area contributed by atoms with Crippen LogP contribution in [-0.2, 0) is 12.8 Å². The monoisotopic (exact) mass is 860 g/mol. The van der Waals surface area contributed by atoms with Crippen molar-refractivity contribution in [1.29, 1.82) is 0 Å². The Morgan fingerprint density at radius 3 is 1.90 bits per heavy atom. The molecule has 0 radical (unpaired) electrons. The van der Waals surface area contributed by atoms with Gasteiger partial charge in [0.15, 0.2) is 0 Å². The van der Waals surface area contributed by atoms with Crippen molar-refractivity contribution in [1.82, 2.24) is 15.0 Å². The third kappa shape index (κ3) is 6.32. The quantitative estimate of drug-likeness (QED) is 0.0409. The molecular formula is C44H29F5N8O4S. The second-order valence-electron chi connectivity index (χ2n) is 14.9. The van der Waals surface area contributed by atoms with E-state index in [1.165, 1.54) is 17.4 Å². The number of nitrogens with one attached hydrogen (secondary N) is 2. The van der Waals surface area contributed by atoms with Gasteiger partial charge in [0.05, 0.1) is 15.9 Å². The highest BCUT2D eigenvalue weighted by atomic mass is 32.1. The van der Waals surface area contributed by atoms with Crippen molar-refractivity contribution in [3.63, 3.8) is 0 Å². The average molecular weight is 861 g/mol. The number of nitrogens with zero attached hydrogens (tertiary/aromatic N) is 6. The molecule has 0 spiro atoms. The number of hydrogen-bond donors (Lipinski definition) is 2. The molecule has 0 aliphatic carbocycles. The number of H-pyrrole nitrogens is 2. The summed E-state index contributed by atoms with van der Waals surface area (Å²) in [4.78, 5) is 56.7. The van der Waals surface area contributed by atoms with Crippen molar-refractivity contribution in [2.45, 2.75) is 12.8 Å². The number of anilines is 3. The first-order chi connectivity index (χ1) is 29.8. The predicted molar refractivity (Wildman–Crippen MR) is 223 cm³/mol. The Kier molecular flexibility index (Phi) is 9.13. The van der Waals surface area contributed by atoms with E-state index in [1.807, 2.05) is 61.5 Å². The SMILES string of the molecule is CN(C)c1ccc(/N=N/c2nc3ccc(C(=O)N4CCc5c4ccc4[nH]c(C(=O)N6CCc7c6ccc6[nH]c(C(=O)Oc8c(F)c(F)c(F)c(F)c8F)cc76)cc54)cc3s2)cc1. The van der Waals surface area contributed by atoms with Crippen molar-refractivity contribution in [2.24, 2.45) is 10.2 Å². The lowest BCUT2D eigenvalue weighted by molar-refractivity contribution is 0.0710. The van der Waals surface area contributed by atoms with E-state index in [0.29, 0.717) is 69.1 Å². The van der Waals surface area contributed by atoms with E-state index in [9.17, 15) is 36.3 Å². The highest BCUT2D eigenvalue weighted by Crippen LogP contribution is 2.40. The number of ether oxygens (including phenoxy) is 1. The smallest absolute Gasteiger partial charge is 0.360 e. The maximum Gasteiger partial charge on any atom is 0.360 e. The van der Waals surface area contributed by atoms with Crippen molar-refractivity contribution in [2.75, 3.05) is 41.9 Å². The van der Waals surface area contributed by atoms with Gasteiger partial charge in [-0.3, -0.25) is 9.59 Å². The van der Waals surface area contributed by atoms with E-state index < -0.39 is 40.8 Å². The number of carbonyl (C=O) groups excluding carboxylic acids is 3. The Hall–Kier alpha value is -7.47. The molecule has 5 heterocycles. The van der Waals surface area contributed by atoms with Crippen molar-refractivity contribution >= 4 is 89.0 Å². The zero-order valence-electron chi connectivity index (χ0n) is 32.4. The summed E-state index contributed by atoms with van der Waals surface area (Å²) < 4.78 is 74.8. The van der Waals surface area contributed by atoms with Gasteiger partial charge in [0.25, 0.3) is 11.8 Å². The number of hydrogen-bond acceptors (Lipinski definition) is 9. The fourth-order valence-electron chi connectivity index (χ4n) is 8.00. The van der Waals surface area contributed by atoms with Crippen LogP contribution in [0, 0.1) is 29.1 Å². The van der Waals surface area contributed by atoms with Gasteiger partial charge in [-0.15, -0.1) is 10.2 Å². The van der Waals surface area contributed by atoms with Crippen molar-refractivity contribution in [3.05, 3.63) is 136 Å². The Morgan fingerprint density at radius 2 is 1.27 bits per heavy atom. The maximum absolute atomic E-state index is 14.2. The molecule has 10 rings (SSSR count). The molecule has 2 amide bonds. The second kappa shape index (κ2) is 14.6. The number of benzene rings is 5. The third-order valence-electron chi connectivity index (χ3n) is 11.1. The van der Waals surface area contributed by atoms with Crippen LogP contribution in [0.3, 0.4) is 0 Å². The first kappa shape index (κ1) is 38.7. The van der Waals surface area contributed by atoms with Gasteiger partial charge in [0, 0.05) is 71.6 Å². The lowest BCUT2D eigenvalue weighted by atomic mass is 10.1. The Labute approximate surface area is 350 Å². The van der Waals surface area contributed by atoms with E-state index in [1.54, 1.807) is 40.1 Å². The predicted octanol–water partition coefficient (Wildman–Crippen LogP) is 10.1. The van der Waals surface area contributed by atoms with E-state index >= 15 is 0 Å². The molecule has 0 bridgehead atoms. The first-order valence-electron chi connectivity index (χ1n) is 19.1. The van der Waals surface area contributed by atoms with E-state index in [0.717, 1.165) is 32.5 Å². The zero-order valence-corrected chi connectivity index (χ0v) is 33.3. The fourth-order valence-corrected chi connectivity index (χ4v) is 8.83. The van der Waals surface area contributed by atoms with E-state index in [2.05, 4.69) is 29.9 Å². The standard InChI is InChI=1S/C44H29F5N8O4S/c1-55(2)22-6-4-21(5-7-22)53-54-44-52-29-8-3-20(17-34(29)62-44)41(58)56-15-13-23-25-18-30(50-27(25)9-11-32(23)56)42(59)57-16-14-24-26-19-31(51-28(26)10-12-33(24)57)43(60)61-40-38(48)36(46)35(45)37(47)39(40)49/h3-12,17-19,50-51H,13-16H2,1-2H3/b54-53+. The van der Waals surface area contributed by atoms with Crippen LogP contribution < -0.4 is 19.4 Å². The minimum Gasteiger partial charge on any atom is -0.415 e. The summed E-state index contributed by atoms with van der Waals surface area (Å²) in [6.45, 7) is 0.732. The highest BCUT2D eigenvalue weighted by Gasteiger charge is 2.33. The molecule has 0 atom stereocenters. The molecule has 18 heteroatoms. The van der Waals surface area contributed by atoms with Crippen LogP contribution in [0.5, 0.6) is 5.75 Å². The number of esters is 1. The van der Waals surface area contributed by atoms with E-state index in [4.69, 9.17) is 0 Å². The number of azo groups is 1. The number of fused-ring (bicyclic) bond motifs is 7. The topological polar surface area (TPSA) is 139 Å². The number of carbonyl (C=O) groups is 3.